The van der Waals surface area contributed by atoms with Crippen molar-refractivity contribution in [3.63, 3.8) is 0 Å². The Morgan fingerprint density at radius 3 is 2.39 bits per heavy atom. The van der Waals surface area contributed by atoms with Crippen molar-refractivity contribution in [3.05, 3.63) is 17.0 Å². The molecule has 1 aromatic heterocycles. The van der Waals surface area contributed by atoms with E-state index in [-0.39, 0.29) is 4.99 Å². The van der Waals surface area contributed by atoms with E-state index in [1.807, 2.05) is 0 Å². The average Bonchev–Trinajstić information content (AvgIpc) is 2.87. The van der Waals surface area contributed by atoms with Gasteiger partial charge in [-0.05, 0) is 24.0 Å². The van der Waals surface area contributed by atoms with E-state index in [4.69, 9.17) is 18.0 Å². The molecule has 2 N–H and O–H groups in total. The van der Waals surface area contributed by atoms with Crippen LogP contribution in [0.3, 0.4) is 0 Å². The highest BCUT2D eigenvalue weighted by Gasteiger charge is 2.35. The fourth-order valence-electron chi connectivity index (χ4n) is 1.99. The lowest BCUT2D eigenvalue weighted by molar-refractivity contribution is 0.465. The maximum Gasteiger partial charge on any atom is 0.252 e. The molecule has 1 saturated heterocycles. The van der Waals surface area contributed by atoms with Crippen molar-refractivity contribution >= 4 is 38.6 Å². The summed E-state index contributed by atoms with van der Waals surface area (Å²) in [7, 11) is -3.38. The fraction of sp³-hybridized carbons (Fsp3) is 0.545. The van der Waals surface area contributed by atoms with Crippen molar-refractivity contribution in [2.24, 2.45) is 17.6 Å². The van der Waals surface area contributed by atoms with Gasteiger partial charge in [0.1, 0.15) is 9.20 Å². The second-order valence-corrected chi connectivity index (χ2v) is 8.45. The summed E-state index contributed by atoms with van der Waals surface area (Å²) in [6.45, 7) is 5.33. The molecule has 18 heavy (non-hydrogen) atoms. The first-order valence-corrected chi connectivity index (χ1v) is 8.38. The minimum atomic E-state index is -3.38. The third kappa shape index (κ3) is 2.45. The van der Waals surface area contributed by atoms with E-state index >= 15 is 0 Å². The molecule has 0 saturated carbocycles. The van der Waals surface area contributed by atoms with E-state index in [0.717, 1.165) is 11.3 Å². The molecule has 1 aliphatic heterocycles. The molecular weight excluding hydrogens is 288 g/mol. The SMILES string of the molecule is CC1CN(S(=O)(=O)c2ccc(C(N)=S)s2)CC1C. The highest BCUT2D eigenvalue weighted by Crippen LogP contribution is 2.31. The van der Waals surface area contributed by atoms with Crippen LogP contribution in [0.2, 0.25) is 0 Å². The Hall–Kier alpha value is -0.500. The predicted molar refractivity (Wildman–Crippen MR) is 77.3 cm³/mol. The topological polar surface area (TPSA) is 63.4 Å². The molecule has 2 atom stereocenters. The number of nitrogens with zero attached hydrogens (tertiary/aromatic N) is 1. The number of thiophene rings is 1. The highest BCUT2D eigenvalue weighted by molar-refractivity contribution is 7.91. The highest BCUT2D eigenvalue weighted by atomic mass is 32.2. The Kier molecular flexibility index (Phi) is 3.77. The van der Waals surface area contributed by atoms with E-state index in [2.05, 4.69) is 13.8 Å². The quantitative estimate of drug-likeness (QED) is 0.863. The average molecular weight is 304 g/mol. The molecule has 2 rings (SSSR count). The summed E-state index contributed by atoms with van der Waals surface area (Å²) >= 11 is 5.99. The van der Waals surface area contributed by atoms with Crippen LogP contribution >= 0.6 is 23.6 Å². The van der Waals surface area contributed by atoms with E-state index in [1.165, 1.54) is 0 Å². The van der Waals surface area contributed by atoms with Crippen LogP contribution in [-0.2, 0) is 10.0 Å². The van der Waals surface area contributed by atoms with Gasteiger partial charge in [-0.3, -0.25) is 0 Å². The largest absolute Gasteiger partial charge is 0.389 e. The molecule has 4 nitrogen and oxygen atoms in total. The van der Waals surface area contributed by atoms with Crippen LogP contribution in [0.4, 0.5) is 0 Å². The number of hydrogen-bond donors (Lipinski definition) is 1. The third-order valence-electron chi connectivity index (χ3n) is 3.37. The van der Waals surface area contributed by atoms with Gasteiger partial charge in [0.15, 0.2) is 0 Å². The number of thiocarbonyl (C=S) groups is 1. The standard InChI is InChI=1S/C11H16N2O2S3/c1-7-5-13(6-8(7)2)18(14,15)10-4-3-9(17-10)11(12)16/h3-4,7-8H,5-6H2,1-2H3,(H2,12,16). The lowest BCUT2D eigenvalue weighted by Gasteiger charge is -2.14. The second kappa shape index (κ2) is 4.88. The van der Waals surface area contributed by atoms with E-state index < -0.39 is 10.0 Å². The minimum absolute atomic E-state index is 0.240. The number of sulfonamides is 1. The molecule has 0 amide bonds. The normalized spacial score (nSPS) is 25.4. The Morgan fingerprint density at radius 1 is 1.39 bits per heavy atom. The van der Waals surface area contributed by atoms with Crippen molar-refractivity contribution in [2.45, 2.75) is 18.1 Å². The summed E-state index contributed by atoms with van der Waals surface area (Å²) in [5.74, 6) is 0.796. The molecule has 0 bridgehead atoms. The molecule has 0 aliphatic carbocycles. The lowest BCUT2D eigenvalue weighted by atomic mass is 10.0. The van der Waals surface area contributed by atoms with Crippen molar-refractivity contribution < 1.29 is 8.42 Å². The molecule has 1 fully saturated rings. The Morgan fingerprint density at radius 2 is 1.94 bits per heavy atom. The van der Waals surface area contributed by atoms with Crippen molar-refractivity contribution in [1.82, 2.24) is 4.31 Å². The summed E-state index contributed by atoms with van der Waals surface area (Å²) in [5.41, 5.74) is 5.50. The fourth-order valence-corrected chi connectivity index (χ4v) is 5.14. The summed E-state index contributed by atoms with van der Waals surface area (Å²) in [4.78, 5) is 0.883. The number of hydrogen-bond acceptors (Lipinski definition) is 4. The smallest absolute Gasteiger partial charge is 0.252 e. The molecular formula is C11H16N2O2S3. The van der Waals surface area contributed by atoms with Crippen molar-refractivity contribution in [3.8, 4) is 0 Å². The van der Waals surface area contributed by atoms with Crippen molar-refractivity contribution in [1.29, 1.82) is 0 Å². The maximum atomic E-state index is 12.4. The van der Waals surface area contributed by atoms with Gasteiger partial charge in [-0.15, -0.1) is 11.3 Å². The molecule has 7 heteroatoms. The van der Waals surface area contributed by atoms with Crippen molar-refractivity contribution in [2.75, 3.05) is 13.1 Å². The third-order valence-corrected chi connectivity index (χ3v) is 7.14. The van der Waals surface area contributed by atoms with Gasteiger partial charge in [-0.25, -0.2) is 8.42 Å². The summed E-state index contributed by atoms with van der Waals surface area (Å²) in [6, 6.07) is 3.25. The molecule has 2 unspecified atom stereocenters. The molecule has 0 radical (unpaired) electrons. The van der Waals surface area contributed by atoms with Crippen LogP contribution in [0.15, 0.2) is 16.3 Å². The van der Waals surface area contributed by atoms with Gasteiger partial charge < -0.3 is 5.73 Å². The maximum absolute atomic E-state index is 12.4. The first-order chi connectivity index (χ1) is 8.32. The monoisotopic (exact) mass is 304 g/mol. The molecule has 2 heterocycles. The van der Waals surface area contributed by atoms with Gasteiger partial charge in [0, 0.05) is 13.1 Å². The van der Waals surface area contributed by atoms with Gasteiger partial charge in [-0.1, -0.05) is 26.1 Å². The van der Waals surface area contributed by atoms with Gasteiger partial charge >= 0.3 is 0 Å². The van der Waals surface area contributed by atoms with E-state index in [0.29, 0.717) is 34.0 Å². The first-order valence-electron chi connectivity index (χ1n) is 5.72. The molecule has 1 aromatic rings. The van der Waals surface area contributed by atoms with Gasteiger partial charge in [0.2, 0.25) is 0 Å². The zero-order valence-corrected chi connectivity index (χ0v) is 12.7. The summed E-state index contributed by atoms with van der Waals surface area (Å²) < 4.78 is 26.7. The summed E-state index contributed by atoms with van der Waals surface area (Å²) in [5, 5.41) is 0. The number of nitrogens with two attached hydrogens (primary N) is 1. The number of rotatable bonds is 3. The van der Waals surface area contributed by atoms with Gasteiger partial charge in [-0.2, -0.15) is 4.31 Å². The predicted octanol–water partition coefficient (Wildman–Crippen LogP) is 1.66. The zero-order valence-electron chi connectivity index (χ0n) is 10.3. The van der Waals surface area contributed by atoms with Crippen LogP contribution in [0.5, 0.6) is 0 Å². The minimum Gasteiger partial charge on any atom is -0.389 e. The van der Waals surface area contributed by atoms with Crippen LogP contribution in [0, 0.1) is 11.8 Å². The Balaban J connectivity index is 2.28. The molecule has 100 valence electrons. The second-order valence-electron chi connectivity index (χ2n) is 4.76. The Labute approximate surface area is 117 Å². The molecule has 0 aromatic carbocycles. The Bertz CT molecular complexity index is 555. The van der Waals surface area contributed by atoms with Crippen LogP contribution in [-0.4, -0.2) is 30.8 Å². The van der Waals surface area contributed by atoms with Crippen LogP contribution < -0.4 is 5.73 Å². The summed E-state index contributed by atoms with van der Waals surface area (Å²) in [6.07, 6.45) is 0. The van der Waals surface area contributed by atoms with Crippen LogP contribution in [0.1, 0.15) is 18.7 Å². The van der Waals surface area contributed by atoms with Crippen LogP contribution in [0.25, 0.3) is 0 Å². The van der Waals surface area contributed by atoms with E-state index in [1.54, 1.807) is 16.4 Å². The first kappa shape index (κ1) is 13.9. The lowest BCUT2D eigenvalue weighted by Crippen LogP contribution is -2.28. The van der Waals surface area contributed by atoms with E-state index in [9.17, 15) is 8.42 Å². The molecule has 1 aliphatic rings. The van der Waals surface area contributed by atoms with Gasteiger partial charge in [0.05, 0.1) is 4.88 Å². The van der Waals surface area contributed by atoms with Gasteiger partial charge in [0.25, 0.3) is 10.0 Å². The zero-order chi connectivity index (χ0) is 13.5. The molecule has 0 spiro atoms.